The maximum Gasteiger partial charge on any atom is 0.416 e. The van der Waals surface area contributed by atoms with Gasteiger partial charge in [0.1, 0.15) is 0 Å². The molecule has 11 heteroatoms. The van der Waals surface area contributed by atoms with Gasteiger partial charge in [0.25, 0.3) is 0 Å². The van der Waals surface area contributed by atoms with Crippen LogP contribution < -0.4 is 5.32 Å². The minimum Gasteiger partial charge on any atom is -0.342 e. The second-order valence-corrected chi connectivity index (χ2v) is 5.35. The fourth-order valence-electron chi connectivity index (χ4n) is 2.26. The predicted molar refractivity (Wildman–Crippen MR) is 74.7 cm³/mol. The van der Waals surface area contributed by atoms with Crippen LogP contribution in [0.4, 0.5) is 36.8 Å². The van der Waals surface area contributed by atoms with Crippen LogP contribution in [0.2, 0.25) is 0 Å². The summed E-state index contributed by atoms with van der Waals surface area (Å²) in [4.78, 5) is 25.2. The summed E-state index contributed by atoms with van der Waals surface area (Å²) in [7, 11) is 0. The Labute approximate surface area is 138 Å². The Balaban J connectivity index is 2.21. The number of anilines is 1. The van der Waals surface area contributed by atoms with E-state index >= 15 is 0 Å². The summed E-state index contributed by atoms with van der Waals surface area (Å²) in [6.45, 7) is 0.700. The van der Waals surface area contributed by atoms with Crippen LogP contribution in [-0.2, 0) is 17.1 Å². The van der Waals surface area contributed by atoms with Crippen LogP contribution in [-0.4, -0.2) is 48.4 Å². The first-order valence-corrected chi connectivity index (χ1v) is 7.05. The lowest BCUT2D eigenvalue weighted by molar-refractivity contribution is -0.143. The predicted octanol–water partition coefficient (Wildman–Crippen LogP) is 3.03. The van der Waals surface area contributed by atoms with Crippen molar-refractivity contribution < 1.29 is 35.9 Å². The number of hydrogen-bond donors (Lipinski definition) is 1. The molecular weight excluding hydrogens is 356 g/mol. The van der Waals surface area contributed by atoms with Crippen molar-refractivity contribution in [3.05, 3.63) is 29.3 Å². The molecule has 0 unspecified atom stereocenters. The largest absolute Gasteiger partial charge is 0.416 e. The van der Waals surface area contributed by atoms with E-state index in [4.69, 9.17) is 0 Å². The Hall–Kier alpha value is -2.46. The highest BCUT2D eigenvalue weighted by Crippen LogP contribution is 2.37. The Kier molecular flexibility index (Phi) is 5.14. The van der Waals surface area contributed by atoms with Crippen molar-refractivity contribution in [3.63, 3.8) is 0 Å². The van der Waals surface area contributed by atoms with Crippen LogP contribution in [0.25, 0.3) is 0 Å². The van der Waals surface area contributed by atoms with Crippen LogP contribution >= 0.6 is 0 Å². The van der Waals surface area contributed by atoms with Crippen LogP contribution in [0, 0.1) is 0 Å². The van der Waals surface area contributed by atoms with Crippen molar-refractivity contribution in [1.29, 1.82) is 0 Å². The van der Waals surface area contributed by atoms with Crippen molar-refractivity contribution in [2.45, 2.75) is 12.4 Å². The first-order chi connectivity index (χ1) is 11.5. The first kappa shape index (κ1) is 18.9. The lowest BCUT2D eigenvalue weighted by Gasteiger charge is -2.32. The van der Waals surface area contributed by atoms with Gasteiger partial charge in [-0.1, -0.05) is 0 Å². The molecule has 0 aromatic heterocycles. The molecule has 1 saturated heterocycles. The van der Waals surface area contributed by atoms with E-state index in [1.54, 1.807) is 0 Å². The SMILES string of the molecule is O=CN1CCN(C(=O)Nc2cc(C(F)(F)F)cc(C(F)(F)F)c2)CC1. The molecule has 0 spiro atoms. The zero-order valence-electron chi connectivity index (χ0n) is 12.6. The van der Waals surface area contributed by atoms with Crippen molar-refractivity contribution >= 4 is 18.1 Å². The van der Waals surface area contributed by atoms with Gasteiger partial charge in [0, 0.05) is 31.9 Å². The summed E-state index contributed by atoms with van der Waals surface area (Å²) in [6, 6.07) is 0.0280. The van der Waals surface area contributed by atoms with Gasteiger partial charge in [-0.05, 0) is 18.2 Å². The number of halogens is 6. The minimum atomic E-state index is -4.99. The van der Waals surface area contributed by atoms with E-state index in [1.165, 1.54) is 9.80 Å². The monoisotopic (exact) mass is 369 g/mol. The fraction of sp³-hybridized carbons (Fsp3) is 0.429. The third-order valence-electron chi connectivity index (χ3n) is 3.59. The van der Waals surface area contributed by atoms with Crippen molar-refractivity contribution in [1.82, 2.24) is 9.80 Å². The lowest BCUT2D eigenvalue weighted by Crippen LogP contribution is -2.49. The number of amides is 3. The highest BCUT2D eigenvalue weighted by atomic mass is 19.4. The van der Waals surface area contributed by atoms with Gasteiger partial charge < -0.3 is 15.1 Å². The summed E-state index contributed by atoms with van der Waals surface area (Å²) in [6.07, 6.45) is -9.38. The van der Waals surface area contributed by atoms with Crippen LogP contribution in [0.3, 0.4) is 0 Å². The van der Waals surface area contributed by atoms with Gasteiger partial charge in [-0.25, -0.2) is 4.79 Å². The average molecular weight is 369 g/mol. The van der Waals surface area contributed by atoms with E-state index in [1.807, 2.05) is 5.32 Å². The number of urea groups is 1. The van der Waals surface area contributed by atoms with Gasteiger partial charge in [0.2, 0.25) is 6.41 Å². The molecular formula is C14H13F6N3O2. The molecule has 1 aromatic rings. The third kappa shape index (κ3) is 4.77. The maximum absolute atomic E-state index is 12.8. The number of nitrogens with zero attached hydrogens (tertiary/aromatic N) is 2. The van der Waals surface area contributed by atoms with Gasteiger partial charge >= 0.3 is 18.4 Å². The lowest BCUT2D eigenvalue weighted by atomic mass is 10.1. The molecule has 1 heterocycles. The molecule has 0 atom stereocenters. The number of carbonyl (C=O) groups is 2. The zero-order chi connectivity index (χ0) is 18.8. The van der Waals surface area contributed by atoms with Gasteiger partial charge in [0.05, 0.1) is 11.1 Å². The van der Waals surface area contributed by atoms with E-state index in [9.17, 15) is 35.9 Å². The van der Waals surface area contributed by atoms with E-state index in [0.717, 1.165) is 0 Å². The van der Waals surface area contributed by atoms with Gasteiger partial charge in [-0.3, -0.25) is 4.79 Å². The van der Waals surface area contributed by atoms with E-state index in [0.29, 0.717) is 18.5 Å². The second kappa shape index (κ2) is 6.81. The first-order valence-electron chi connectivity index (χ1n) is 7.05. The Morgan fingerprint density at radius 2 is 1.40 bits per heavy atom. The summed E-state index contributed by atoms with van der Waals surface area (Å²) < 4.78 is 76.7. The molecule has 0 saturated carbocycles. The summed E-state index contributed by atoms with van der Waals surface area (Å²) in [5.74, 6) is 0. The van der Waals surface area contributed by atoms with E-state index in [2.05, 4.69) is 0 Å². The Morgan fingerprint density at radius 3 is 1.80 bits per heavy atom. The highest BCUT2D eigenvalue weighted by molar-refractivity contribution is 5.89. The van der Waals surface area contributed by atoms with E-state index in [-0.39, 0.29) is 32.2 Å². The van der Waals surface area contributed by atoms with Crippen molar-refractivity contribution in [2.24, 2.45) is 0 Å². The zero-order valence-corrected chi connectivity index (χ0v) is 12.6. The summed E-state index contributed by atoms with van der Waals surface area (Å²) in [5, 5.41) is 2.05. The van der Waals surface area contributed by atoms with Crippen molar-refractivity contribution in [2.75, 3.05) is 31.5 Å². The molecule has 0 radical (unpaired) electrons. The van der Waals surface area contributed by atoms with Gasteiger partial charge in [-0.15, -0.1) is 0 Å². The molecule has 0 bridgehead atoms. The van der Waals surface area contributed by atoms with E-state index < -0.39 is 35.2 Å². The van der Waals surface area contributed by atoms with Crippen LogP contribution in [0.1, 0.15) is 11.1 Å². The quantitative estimate of drug-likeness (QED) is 0.644. The second-order valence-electron chi connectivity index (χ2n) is 5.35. The number of rotatable bonds is 2. The number of nitrogens with one attached hydrogen (secondary N) is 1. The molecule has 3 amide bonds. The number of benzene rings is 1. The van der Waals surface area contributed by atoms with Crippen LogP contribution in [0.15, 0.2) is 18.2 Å². The van der Waals surface area contributed by atoms with Crippen LogP contribution in [0.5, 0.6) is 0 Å². The topological polar surface area (TPSA) is 52.7 Å². The number of hydrogen-bond acceptors (Lipinski definition) is 2. The average Bonchev–Trinajstić information content (AvgIpc) is 2.53. The molecule has 1 fully saturated rings. The molecule has 0 aliphatic carbocycles. The van der Waals surface area contributed by atoms with Gasteiger partial charge in [-0.2, -0.15) is 26.3 Å². The maximum atomic E-state index is 12.8. The Morgan fingerprint density at radius 1 is 0.920 bits per heavy atom. The third-order valence-corrected chi connectivity index (χ3v) is 3.59. The van der Waals surface area contributed by atoms with Gasteiger partial charge in [0.15, 0.2) is 0 Å². The molecule has 138 valence electrons. The highest BCUT2D eigenvalue weighted by Gasteiger charge is 2.37. The molecule has 1 aromatic carbocycles. The minimum absolute atomic E-state index is 0.0154. The summed E-state index contributed by atoms with van der Waals surface area (Å²) >= 11 is 0. The fourth-order valence-corrected chi connectivity index (χ4v) is 2.26. The molecule has 1 aliphatic rings. The molecule has 1 N–H and O–H groups in total. The molecule has 25 heavy (non-hydrogen) atoms. The number of piperazine rings is 1. The summed E-state index contributed by atoms with van der Waals surface area (Å²) in [5.41, 5.74) is -3.63. The number of alkyl halides is 6. The number of carbonyl (C=O) groups excluding carboxylic acids is 2. The molecule has 2 rings (SSSR count). The normalized spacial score (nSPS) is 15.9. The molecule has 1 aliphatic heterocycles. The smallest absolute Gasteiger partial charge is 0.342 e. The van der Waals surface area contributed by atoms with Crippen molar-refractivity contribution in [3.8, 4) is 0 Å². The Bertz CT molecular complexity index is 619. The molecule has 5 nitrogen and oxygen atoms in total. The standard InChI is InChI=1S/C14H13F6N3O2/c15-13(16,17)9-5-10(14(18,19)20)7-11(6-9)21-12(25)23-3-1-22(8-24)2-4-23/h5-8H,1-4H2,(H,21,25).